The van der Waals surface area contributed by atoms with Gasteiger partial charge in [0.15, 0.2) is 0 Å². The molecular weight excluding hydrogens is 502 g/mol. The number of rotatable bonds is 9. The predicted molar refractivity (Wildman–Crippen MR) is 156 cm³/mol. The molecule has 1 heterocycles. The molecule has 2 amide bonds. The first-order valence-corrected chi connectivity index (χ1v) is 15.0. The Bertz CT molecular complexity index is 1270. The zero-order valence-corrected chi connectivity index (χ0v) is 24.8. The van der Waals surface area contributed by atoms with Gasteiger partial charge < -0.3 is 19.9 Å². The molecule has 0 aliphatic heterocycles. The van der Waals surface area contributed by atoms with Crippen molar-refractivity contribution in [1.82, 2.24) is 15.2 Å². The molecular formula is C33H45N3O4. The number of carbonyl (C=O) groups is 3. The highest BCUT2D eigenvalue weighted by atomic mass is 16.5. The van der Waals surface area contributed by atoms with E-state index in [9.17, 15) is 14.4 Å². The van der Waals surface area contributed by atoms with Crippen LogP contribution in [0.3, 0.4) is 0 Å². The Hall–Kier alpha value is -3.09. The molecule has 2 aromatic rings. The highest BCUT2D eigenvalue weighted by molar-refractivity contribution is 5.98. The summed E-state index contributed by atoms with van der Waals surface area (Å²) in [4.78, 5) is 37.5. The van der Waals surface area contributed by atoms with Gasteiger partial charge in [-0.1, -0.05) is 26.2 Å². The highest BCUT2D eigenvalue weighted by Gasteiger charge is 2.40. The number of nitrogens with zero attached hydrogens (tertiary/aromatic N) is 1. The van der Waals surface area contributed by atoms with Gasteiger partial charge in [-0.3, -0.25) is 14.4 Å². The van der Waals surface area contributed by atoms with Crippen LogP contribution in [0.2, 0.25) is 0 Å². The van der Waals surface area contributed by atoms with Gasteiger partial charge in [-0.15, -0.1) is 0 Å². The smallest absolute Gasteiger partial charge is 0.293 e. The lowest BCUT2D eigenvalue weighted by Gasteiger charge is -2.34. The van der Waals surface area contributed by atoms with Gasteiger partial charge in [0.05, 0.1) is 5.56 Å². The molecule has 1 aromatic heterocycles. The standard InChI is InChI=1S/C33H45N3O4/c1-21-28(31(39)34-26-16-27(17-26)40-20-37)18-29(36(21)19-22-9-7-6-8-10-22)23-13-24(30(38)35-32(2,3)4)15-25(14-23)33(5)11-12-33/h13-15,18,20,22,26-27H,6-12,16-17,19H2,1-5H3,(H,34,39)(H,35,38). The molecule has 0 atom stereocenters. The second-order valence-corrected chi connectivity index (χ2v) is 13.7. The minimum Gasteiger partial charge on any atom is -0.464 e. The van der Waals surface area contributed by atoms with Crippen LogP contribution in [0.4, 0.5) is 0 Å². The SMILES string of the molecule is Cc1c(C(=O)NC2CC(OC=O)C2)cc(-c2cc(C(=O)NC(C)(C)C)cc(C3(C)CC3)c2)n1CC1CCCCC1. The summed E-state index contributed by atoms with van der Waals surface area (Å²) in [5.74, 6) is 0.416. The predicted octanol–water partition coefficient (Wildman–Crippen LogP) is 6.06. The van der Waals surface area contributed by atoms with Crippen LogP contribution in [0.25, 0.3) is 11.3 Å². The van der Waals surface area contributed by atoms with E-state index in [-0.39, 0.29) is 34.9 Å². The minimum atomic E-state index is -0.336. The van der Waals surface area contributed by atoms with Crippen molar-refractivity contribution < 1.29 is 19.1 Å². The van der Waals surface area contributed by atoms with Crippen molar-refractivity contribution in [3.63, 3.8) is 0 Å². The van der Waals surface area contributed by atoms with Crippen molar-refractivity contribution in [2.75, 3.05) is 0 Å². The maximum Gasteiger partial charge on any atom is 0.293 e. The largest absolute Gasteiger partial charge is 0.464 e. The normalized spacial score (nSPS) is 22.2. The van der Waals surface area contributed by atoms with E-state index in [0.29, 0.717) is 36.4 Å². The molecule has 3 aliphatic rings. The maximum atomic E-state index is 13.5. The molecule has 0 unspecified atom stereocenters. The average molecular weight is 548 g/mol. The fourth-order valence-electron chi connectivity index (χ4n) is 6.26. The summed E-state index contributed by atoms with van der Waals surface area (Å²) < 4.78 is 7.34. The fourth-order valence-corrected chi connectivity index (χ4v) is 6.26. The Morgan fingerprint density at radius 2 is 1.75 bits per heavy atom. The van der Waals surface area contributed by atoms with Crippen LogP contribution in [0.1, 0.15) is 117 Å². The molecule has 7 nitrogen and oxygen atoms in total. The van der Waals surface area contributed by atoms with E-state index in [1.165, 1.54) is 37.7 Å². The minimum absolute atomic E-state index is 0.00725. The monoisotopic (exact) mass is 547 g/mol. The first kappa shape index (κ1) is 28.4. The van der Waals surface area contributed by atoms with Crippen molar-refractivity contribution >= 4 is 18.3 Å². The number of hydrogen-bond acceptors (Lipinski definition) is 4. The van der Waals surface area contributed by atoms with E-state index in [1.54, 1.807) is 0 Å². The average Bonchev–Trinajstić information content (AvgIpc) is 3.56. The molecule has 7 heteroatoms. The number of aromatic nitrogens is 1. The van der Waals surface area contributed by atoms with Crippen LogP contribution in [-0.2, 0) is 21.5 Å². The number of amides is 2. The van der Waals surface area contributed by atoms with Gasteiger partial charge in [-0.2, -0.15) is 0 Å². The van der Waals surface area contributed by atoms with Gasteiger partial charge in [-0.05, 0) is 100 Å². The lowest BCUT2D eigenvalue weighted by atomic mass is 9.89. The van der Waals surface area contributed by atoms with E-state index >= 15 is 0 Å². The molecule has 216 valence electrons. The fraction of sp³-hybridized carbons (Fsp3) is 0.606. The molecule has 3 saturated carbocycles. The van der Waals surface area contributed by atoms with Crippen molar-refractivity contribution in [2.24, 2.45) is 5.92 Å². The van der Waals surface area contributed by atoms with Crippen LogP contribution >= 0.6 is 0 Å². The summed E-state index contributed by atoms with van der Waals surface area (Å²) in [5, 5.41) is 6.28. The van der Waals surface area contributed by atoms with Gasteiger partial charge in [0, 0.05) is 47.9 Å². The maximum absolute atomic E-state index is 13.5. The molecule has 0 bridgehead atoms. The first-order chi connectivity index (χ1) is 19.0. The molecule has 0 radical (unpaired) electrons. The summed E-state index contributed by atoms with van der Waals surface area (Å²) in [7, 11) is 0. The van der Waals surface area contributed by atoms with Crippen LogP contribution in [0, 0.1) is 12.8 Å². The zero-order chi connectivity index (χ0) is 28.7. The molecule has 0 spiro atoms. The first-order valence-electron chi connectivity index (χ1n) is 15.0. The van der Waals surface area contributed by atoms with E-state index < -0.39 is 0 Å². The van der Waals surface area contributed by atoms with Crippen LogP contribution in [-0.4, -0.2) is 40.5 Å². The van der Waals surface area contributed by atoms with Gasteiger partial charge in [-0.25, -0.2) is 0 Å². The number of ether oxygens (including phenoxy) is 1. The third-order valence-corrected chi connectivity index (χ3v) is 9.13. The third-order valence-electron chi connectivity index (χ3n) is 9.13. The highest BCUT2D eigenvalue weighted by Crippen LogP contribution is 2.49. The van der Waals surface area contributed by atoms with Crippen LogP contribution < -0.4 is 10.6 Å². The molecule has 40 heavy (non-hydrogen) atoms. The topological polar surface area (TPSA) is 89.4 Å². The zero-order valence-electron chi connectivity index (χ0n) is 24.8. The van der Waals surface area contributed by atoms with Crippen LogP contribution in [0.15, 0.2) is 24.3 Å². The molecule has 0 saturated heterocycles. The van der Waals surface area contributed by atoms with Crippen molar-refractivity contribution in [2.45, 2.75) is 122 Å². The molecule has 2 N–H and O–H groups in total. The van der Waals surface area contributed by atoms with E-state index in [0.717, 1.165) is 36.3 Å². The summed E-state index contributed by atoms with van der Waals surface area (Å²) >= 11 is 0. The second-order valence-electron chi connectivity index (χ2n) is 13.7. The number of benzene rings is 1. The Labute approximate surface area is 238 Å². The molecule has 5 rings (SSSR count). The Kier molecular flexibility index (Phi) is 7.86. The van der Waals surface area contributed by atoms with Gasteiger partial charge in [0.1, 0.15) is 6.10 Å². The van der Waals surface area contributed by atoms with E-state index in [4.69, 9.17) is 4.74 Å². The molecule has 3 fully saturated rings. The summed E-state index contributed by atoms with van der Waals surface area (Å²) in [6.45, 7) is 11.7. The lowest BCUT2D eigenvalue weighted by molar-refractivity contribution is -0.138. The van der Waals surface area contributed by atoms with E-state index in [1.807, 2.05) is 39.8 Å². The lowest BCUT2D eigenvalue weighted by Crippen LogP contribution is -2.47. The van der Waals surface area contributed by atoms with Crippen LogP contribution in [0.5, 0.6) is 0 Å². The number of nitrogens with one attached hydrogen (secondary N) is 2. The van der Waals surface area contributed by atoms with Crippen molar-refractivity contribution in [1.29, 1.82) is 0 Å². The van der Waals surface area contributed by atoms with Crippen molar-refractivity contribution in [3.8, 4) is 11.3 Å². The summed E-state index contributed by atoms with van der Waals surface area (Å²) in [6, 6.07) is 8.32. The summed E-state index contributed by atoms with van der Waals surface area (Å²) in [6.07, 6.45) is 9.62. The van der Waals surface area contributed by atoms with Gasteiger partial charge in [0.25, 0.3) is 18.3 Å². The Balaban J connectivity index is 1.52. The third kappa shape index (κ3) is 6.29. The number of carbonyl (C=O) groups excluding carboxylic acids is 3. The van der Waals surface area contributed by atoms with Crippen molar-refractivity contribution in [3.05, 3.63) is 46.6 Å². The summed E-state index contributed by atoms with van der Waals surface area (Å²) in [5.41, 5.74) is 5.24. The molecule has 3 aliphatic carbocycles. The quantitative estimate of drug-likeness (QED) is 0.374. The van der Waals surface area contributed by atoms with Gasteiger partial charge >= 0.3 is 0 Å². The molecule has 1 aromatic carbocycles. The Morgan fingerprint density at radius 3 is 2.38 bits per heavy atom. The number of hydrogen-bond donors (Lipinski definition) is 2. The second kappa shape index (κ2) is 11.1. The van der Waals surface area contributed by atoms with Gasteiger partial charge in [0.2, 0.25) is 0 Å². The Morgan fingerprint density at radius 1 is 1.05 bits per heavy atom. The van der Waals surface area contributed by atoms with E-state index in [2.05, 4.69) is 34.3 Å².